The minimum Gasteiger partial charge on any atom is -0.459 e. The first-order valence-corrected chi connectivity index (χ1v) is 18.9. The van der Waals surface area contributed by atoms with Gasteiger partial charge in [0, 0.05) is 44.4 Å². The van der Waals surface area contributed by atoms with Gasteiger partial charge in [0.2, 0.25) is 0 Å². The molecule has 0 aliphatic carbocycles. The number of ketones is 1. The molecule has 0 bridgehead atoms. The Hall–Kier alpha value is -1.30. The predicted octanol–water partition coefficient (Wildman–Crippen LogP) is 2.44. The molecule has 3 rings (SSSR count). The Balaban J connectivity index is 2.22. The molecule has 3 heterocycles. The van der Waals surface area contributed by atoms with Crippen molar-refractivity contribution in [1.82, 2.24) is 4.90 Å². The van der Waals surface area contributed by atoms with E-state index in [4.69, 9.17) is 33.2 Å². The summed E-state index contributed by atoms with van der Waals surface area (Å²) in [4.78, 5) is 30.1. The quantitative estimate of drug-likeness (QED) is 0.266. The maximum Gasteiger partial charge on any atom is 0.311 e. The maximum atomic E-state index is 14.2. The van der Waals surface area contributed by atoms with Crippen LogP contribution in [0.3, 0.4) is 0 Å². The van der Waals surface area contributed by atoms with E-state index in [1.54, 1.807) is 48.5 Å². The Morgan fingerprint density at radius 2 is 1.44 bits per heavy atom. The third-order valence-electron chi connectivity index (χ3n) is 12.3. The van der Waals surface area contributed by atoms with Gasteiger partial charge in [-0.2, -0.15) is 0 Å². The van der Waals surface area contributed by atoms with Crippen molar-refractivity contribution >= 4 is 11.8 Å². The molecule has 0 radical (unpaired) electrons. The van der Waals surface area contributed by atoms with Crippen LogP contribution in [0.15, 0.2) is 0 Å². The van der Waals surface area contributed by atoms with Gasteiger partial charge in [0.05, 0.1) is 47.6 Å². The lowest BCUT2D eigenvalue weighted by Gasteiger charge is -2.50. The van der Waals surface area contributed by atoms with Crippen molar-refractivity contribution in [1.29, 1.82) is 0 Å². The summed E-state index contributed by atoms with van der Waals surface area (Å²) >= 11 is 0. The second-order valence-electron chi connectivity index (χ2n) is 16.6. The number of esters is 1. The SMILES string of the molecule is CC[C@H]1OC(=O)[C@H](C)[C@@H](O[C@H]2C[C@@](C)(OC)[C@@H](O)[C@H](C)O2)[C@H](C)[C@@H](O[C@@H]2O[C@H](C)C[C@H](N(C)C)[C@H]2O)[C@@](C)(OC)C[C@H](C)C(=O)[C@H](C)[C@@H](O)[C@]1(C)O. The average Bonchev–Trinajstić information content (AvgIpc) is 3.09. The van der Waals surface area contributed by atoms with Crippen molar-refractivity contribution in [2.75, 3.05) is 28.3 Å². The molecule has 14 nitrogen and oxygen atoms in total. The fourth-order valence-electron chi connectivity index (χ4n) is 8.58. The van der Waals surface area contributed by atoms with Crippen LogP contribution in [-0.4, -0.2) is 150 Å². The summed E-state index contributed by atoms with van der Waals surface area (Å²) < 4.78 is 43.9. The fourth-order valence-corrected chi connectivity index (χ4v) is 8.58. The van der Waals surface area contributed by atoms with Gasteiger partial charge in [-0.25, -0.2) is 0 Å². The second-order valence-corrected chi connectivity index (χ2v) is 16.6. The van der Waals surface area contributed by atoms with Crippen LogP contribution in [0.4, 0.5) is 0 Å². The van der Waals surface area contributed by atoms with Crippen molar-refractivity contribution in [3.8, 4) is 0 Å². The predicted molar refractivity (Wildman–Crippen MR) is 191 cm³/mol. The highest BCUT2D eigenvalue weighted by Gasteiger charge is 2.54. The number of aliphatic hydroxyl groups excluding tert-OH is 3. The standard InChI is InChI=1S/C38H69NO13/c1-15-26-38(10,45)31(42)21(4)28(40)19(2)17-37(9,47-14)33(52-35-29(41)25(39(11)12)16-20(3)48-35)22(5)30(23(6)34(44)50-26)51-27-18-36(8,46-13)32(43)24(7)49-27/h19-27,29-33,35,41-43,45H,15-18H2,1-14H3/t19-,20+,21-,22-,23+,24-,25-,26+,27-,29+,30-,31+,32-,33+,35-,36+,37-,38+/m0/s1. The number of methoxy groups -OCH3 is 2. The minimum atomic E-state index is -1.96. The summed E-state index contributed by atoms with van der Waals surface area (Å²) in [6.07, 6.45) is -8.73. The zero-order chi connectivity index (χ0) is 39.7. The van der Waals surface area contributed by atoms with E-state index >= 15 is 0 Å². The number of hydrogen-bond acceptors (Lipinski definition) is 14. The van der Waals surface area contributed by atoms with Crippen LogP contribution in [0.5, 0.6) is 0 Å². The molecule has 0 amide bonds. The van der Waals surface area contributed by atoms with Gasteiger partial charge in [0.1, 0.15) is 29.7 Å². The molecule has 14 heteroatoms. The van der Waals surface area contributed by atoms with Crippen molar-refractivity contribution in [3.05, 3.63) is 0 Å². The monoisotopic (exact) mass is 747 g/mol. The Morgan fingerprint density at radius 1 is 0.846 bits per heavy atom. The first-order valence-electron chi connectivity index (χ1n) is 18.9. The van der Waals surface area contributed by atoms with Crippen LogP contribution < -0.4 is 0 Å². The Morgan fingerprint density at radius 3 is 1.98 bits per heavy atom. The van der Waals surface area contributed by atoms with E-state index in [2.05, 4.69) is 0 Å². The van der Waals surface area contributed by atoms with Gasteiger partial charge in [-0.1, -0.05) is 27.7 Å². The van der Waals surface area contributed by atoms with Crippen LogP contribution in [-0.2, 0) is 42.7 Å². The van der Waals surface area contributed by atoms with E-state index in [0.29, 0.717) is 6.42 Å². The smallest absolute Gasteiger partial charge is 0.311 e. The molecule has 3 aliphatic heterocycles. The van der Waals surface area contributed by atoms with Gasteiger partial charge in [-0.05, 0) is 74.9 Å². The second kappa shape index (κ2) is 17.7. The van der Waals surface area contributed by atoms with Gasteiger partial charge < -0.3 is 58.5 Å². The molecular weight excluding hydrogens is 678 g/mol. The van der Waals surface area contributed by atoms with Gasteiger partial charge in [0.25, 0.3) is 0 Å². The number of cyclic esters (lactones) is 1. The lowest BCUT2D eigenvalue weighted by molar-refractivity contribution is -0.319. The van der Waals surface area contributed by atoms with E-state index in [1.807, 2.05) is 32.8 Å². The molecule has 18 atom stereocenters. The van der Waals surface area contributed by atoms with E-state index in [-0.39, 0.29) is 37.2 Å². The summed E-state index contributed by atoms with van der Waals surface area (Å²) in [7, 11) is 6.77. The van der Waals surface area contributed by atoms with Gasteiger partial charge in [0.15, 0.2) is 12.6 Å². The number of ether oxygens (including phenoxy) is 7. The summed E-state index contributed by atoms with van der Waals surface area (Å²) in [5.41, 5.74) is -4.24. The molecule has 3 aliphatic rings. The highest BCUT2D eigenvalue weighted by atomic mass is 16.7. The molecule has 52 heavy (non-hydrogen) atoms. The van der Waals surface area contributed by atoms with E-state index < -0.39 is 102 Å². The number of hydrogen-bond donors (Lipinski definition) is 4. The number of nitrogens with zero attached hydrogens (tertiary/aromatic N) is 1. The highest BCUT2D eigenvalue weighted by Crippen LogP contribution is 2.41. The lowest BCUT2D eigenvalue weighted by Crippen LogP contribution is -2.61. The number of carbonyl (C=O) groups excluding carboxylic acids is 2. The molecule has 4 N–H and O–H groups in total. The zero-order valence-corrected chi connectivity index (χ0v) is 33.9. The summed E-state index contributed by atoms with van der Waals surface area (Å²) in [5.74, 6) is -4.47. The molecule has 0 aromatic rings. The van der Waals surface area contributed by atoms with Crippen LogP contribution in [0, 0.1) is 23.7 Å². The van der Waals surface area contributed by atoms with Gasteiger partial charge >= 0.3 is 5.97 Å². The molecule has 0 spiro atoms. The number of likely N-dealkylation sites (N-methyl/N-ethyl adjacent to an activating group) is 1. The first kappa shape index (κ1) is 45.1. The van der Waals surface area contributed by atoms with Crippen LogP contribution in [0.25, 0.3) is 0 Å². The van der Waals surface area contributed by atoms with Gasteiger partial charge in [-0.15, -0.1) is 0 Å². The normalized spacial score (nSPS) is 49.0. The van der Waals surface area contributed by atoms with Crippen LogP contribution in [0.2, 0.25) is 0 Å². The van der Waals surface area contributed by atoms with Gasteiger partial charge in [-0.3, -0.25) is 9.59 Å². The number of Topliss-reactive ketones (excluding diaryl/α,β-unsaturated/α-hetero) is 1. The van der Waals surface area contributed by atoms with Crippen molar-refractivity contribution in [2.24, 2.45) is 23.7 Å². The summed E-state index contributed by atoms with van der Waals surface area (Å²) in [6, 6.07) is -0.283. The first-order chi connectivity index (χ1) is 24.0. The molecule has 0 unspecified atom stereocenters. The Bertz CT molecular complexity index is 1190. The average molecular weight is 748 g/mol. The maximum absolute atomic E-state index is 14.2. The Kier molecular flexibility index (Phi) is 15.3. The fraction of sp³-hybridized carbons (Fsp3) is 0.947. The molecule has 0 aromatic carbocycles. The highest BCUT2D eigenvalue weighted by molar-refractivity contribution is 5.83. The van der Waals surface area contributed by atoms with Crippen molar-refractivity contribution < 1.29 is 63.2 Å². The molecule has 3 saturated heterocycles. The number of rotatable bonds is 8. The van der Waals surface area contributed by atoms with E-state index in [9.17, 15) is 30.0 Å². The Labute approximate surface area is 310 Å². The molecular formula is C38H69NO13. The third-order valence-corrected chi connectivity index (χ3v) is 12.3. The van der Waals surface area contributed by atoms with E-state index in [0.717, 1.165) is 0 Å². The van der Waals surface area contributed by atoms with Crippen molar-refractivity contribution in [2.45, 2.75) is 179 Å². The topological polar surface area (TPSA) is 183 Å². The number of carbonyl (C=O) groups is 2. The molecule has 0 saturated carbocycles. The largest absolute Gasteiger partial charge is 0.459 e. The molecule has 304 valence electrons. The van der Waals surface area contributed by atoms with Crippen LogP contribution >= 0.6 is 0 Å². The third kappa shape index (κ3) is 9.38. The summed E-state index contributed by atoms with van der Waals surface area (Å²) in [6.45, 7) is 17.1. The number of aliphatic hydroxyl groups is 4. The zero-order valence-electron chi connectivity index (χ0n) is 33.9. The molecule has 3 fully saturated rings. The lowest BCUT2D eigenvalue weighted by atomic mass is 9.74. The summed E-state index contributed by atoms with van der Waals surface area (Å²) in [5, 5.41) is 45.6. The van der Waals surface area contributed by atoms with E-state index in [1.165, 1.54) is 21.1 Å². The molecule has 0 aromatic heterocycles. The van der Waals surface area contributed by atoms with Crippen molar-refractivity contribution in [3.63, 3.8) is 0 Å². The van der Waals surface area contributed by atoms with Crippen LogP contribution in [0.1, 0.15) is 94.9 Å². The minimum absolute atomic E-state index is 0.111.